The predicted octanol–water partition coefficient (Wildman–Crippen LogP) is 3.66. The van der Waals surface area contributed by atoms with Gasteiger partial charge in [-0.1, -0.05) is 54.6 Å². The SMILES string of the molecule is O=C(C=Cc1ccc(C=CC(=O)c2ccc(CO)cc2)cc1)NOC1CCCCO1. The van der Waals surface area contributed by atoms with E-state index in [0.29, 0.717) is 12.2 Å². The number of amides is 1. The summed E-state index contributed by atoms with van der Waals surface area (Å²) in [4.78, 5) is 29.3. The second kappa shape index (κ2) is 11.2. The minimum Gasteiger partial charge on any atom is -0.392 e. The molecule has 2 aromatic rings. The highest BCUT2D eigenvalue weighted by atomic mass is 16.8. The molecule has 0 radical (unpaired) electrons. The fourth-order valence-electron chi connectivity index (χ4n) is 2.89. The Hall–Kier alpha value is -3.06. The molecule has 0 aromatic heterocycles. The maximum Gasteiger partial charge on any atom is 0.267 e. The molecule has 1 saturated heterocycles. The first-order valence-electron chi connectivity index (χ1n) is 9.91. The number of ether oxygens (including phenoxy) is 1. The van der Waals surface area contributed by atoms with Gasteiger partial charge in [0.25, 0.3) is 5.91 Å². The first kappa shape index (κ1) is 21.6. The molecule has 1 amide bonds. The van der Waals surface area contributed by atoms with Crippen molar-refractivity contribution >= 4 is 23.8 Å². The van der Waals surface area contributed by atoms with Crippen LogP contribution in [0.2, 0.25) is 0 Å². The predicted molar refractivity (Wildman–Crippen MR) is 114 cm³/mol. The molecule has 156 valence electrons. The minimum atomic E-state index is -0.377. The van der Waals surface area contributed by atoms with Crippen LogP contribution in [0, 0.1) is 0 Å². The molecule has 1 fully saturated rings. The number of hydrogen-bond acceptors (Lipinski definition) is 5. The van der Waals surface area contributed by atoms with Crippen LogP contribution in [0.1, 0.15) is 46.3 Å². The van der Waals surface area contributed by atoms with Crippen molar-refractivity contribution in [1.29, 1.82) is 0 Å². The third-order valence-corrected chi connectivity index (χ3v) is 4.64. The molecule has 1 atom stereocenters. The number of hydrogen-bond donors (Lipinski definition) is 2. The molecule has 30 heavy (non-hydrogen) atoms. The lowest BCUT2D eigenvalue weighted by atomic mass is 10.1. The number of aliphatic hydroxyl groups is 1. The Bertz CT molecular complexity index is 894. The first-order valence-corrected chi connectivity index (χ1v) is 9.91. The highest BCUT2D eigenvalue weighted by Crippen LogP contribution is 2.13. The molecular weight excluding hydrogens is 382 g/mol. The van der Waals surface area contributed by atoms with Gasteiger partial charge in [0.2, 0.25) is 0 Å². The van der Waals surface area contributed by atoms with Gasteiger partial charge in [-0.2, -0.15) is 0 Å². The van der Waals surface area contributed by atoms with Gasteiger partial charge in [0.15, 0.2) is 12.1 Å². The number of hydroxylamine groups is 1. The third kappa shape index (κ3) is 6.77. The van der Waals surface area contributed by atoms with Crippen LogP contribution in [0.3, 0.4) is 0 Å². The van der Waals surface area contributed by atoms with E-state index in [1.807, 2.05) is 24.3 Å². The summed E-state index contributed by atoms with van der Waals surface area (Å²) in [6.45, 7) is 0.605. The number of aliphatic hydroxyl groups excluding tert-OH is 1. The van der Waals surface area contributed by atoms with E-state index in [4.69, 9.17) is 14.7 Å². The molecule has 0 aliphatic carbocycles. The number of carbonyl (C=O) groups excluding carboxylic acids is 2. The number of rotatable bonds is 8. The highest BCUT2D eigenvalue weighted by Gasteiger charge is 2.14. The minimum absolute atomic E-state index is 0.0469. The molecular formula is C24H25NO5. The van der Waals surface area contributed by atoms with Crippen LogP contribution in [0.25, 0.3) is 12.2 Å². The van der Waals surface area contributed by atoms with Crippen molar-refractivity contribution in [3.63, 3.8) is 0 Å². The molecule has 6 heteroatoms. The van der Waals surface area contributed by atoms with E-state index in [1.54, 1.807) is 36.4 Å². The molecule has 0 saturated carbocycles. The maximum atomic E-state index is 12.2. The smallest absolute Gasteiger partial charge is 0.267 e. The van der Waals surface area contributed by atoms with Crippen LogP contribution in [-0.4, -0.2) is 29.7 Å². The van der Waals surface area contributed by atoms with Crippen molar-refractivity contribution in [3.8, 4) is 0 Å². The summed E-state index contributed by atoms with van der Waals surface area (Å²) in [5.41, 5.74) is 5.43. The quantitative estimate of drug-likeness (QED) is 0.396. The van der Waals surface area contributed by atoms with Gasteiger partial charge in [0.1, 0.15) is 0 Å². The Kier molecular flexibility index (Phi) is 8.09. The zero-order valence-corrected chi connectivity index (χ0v) is 16.6. The standard InChI is InChI=1S/C24H25NO5/c26-17-20-8-12-21(13-9-20)22(27)14-10-18-4-6-19(7-5-18)11-15-23(28)25-30-24-3-1-2-16-29-24/h4-15,24,26H,1-3,16-17H2,(H,25,28). The Morgan fingerprint density at radius 3 is 2.27 bits per heavy atom. The Morgan fingerprint density at radius 2 is 1.67 bits per heavy atom. The molecule has 2 N–H and O–H groups in total. The van der Waals surface area contributed by atoms with Crippen LogP contribution in [-0.2, 0) is 21.0 Å². The molecule has 0 bridgehead atoms. The summed E-state index contributed by atoms with van der Waals surface area (Å²) in [7, 11) is 0. The van der Waals surface area contributed by atoms with E-state index in [-0.39, 0.29) is 24.6 Å². The molecule has 0 spiro atoms. The van der Waals surface area contributed by atoms with Gasteiger partial charge in [-0.05, 0) is 41.7 Å². The molecule has 1 aliphatic rings. The van der Waals surface area contributed by atoms with Gasteiger partial charge in [0.05, 0.1) is 6.61 Å². The van der Waals surface area contributed by atoms with E-state index in [0.717, 1.165) is 36.0 Å². The Morgan fingerprint density at radius 1 is 1.00 bits per heavy atom. The van der Waals surface area contributed by atoms with Gasteiger partial charge in [-0.25, -0.2) is 10.3 Å². The van der Waals surface area contributed by atoms with Crippen molar-refractivity contribution in [2.75, 3.05) is 6.61 Å². The fraction of sp³-hybridized carbons (Fsp3) is 0.250. The average Bonchev–Trinajstić information content (AvgIpc) is 2.81. The third-order valence-electron chi connectivity index (χ3n) is 4.64. The Labute approximate surface area is 175 Å². The van der Waals surface area contributed by atoms with E-state index in [9.17, 15) is 9.59 Å². The van der Waals surface area contributed by atoms with Crippen LogP contribution in [0.5, 0.6) is 0 Å². The van der Waals surface area contributed by atoms with E-state index >= 15 is 0 Å². The normalized spacial score (nSPS) is 16.8. The molecule has 2 aromatic carbocycles. The number of carbonyl (C=O) groups is 2. The van der Waals surface area contributed by atoms with Crippen LogP contribution >= 0.6 is 0 Å². The second-order valence-corrected chi connectivity index (χ2v) is 6.93. The number of benzene rings is 2. The van der Waals surface area contributed by atoms with Crippen molar-refractivity contribution < 1.29 is 24.3 Å². The number of ketones is 1. The van der Waals surface area contributed by atoms with Gasteiger partial charge in [0, 0.05) is 24.7 Å². The molecule has 1 heterocycles. The second-order valence-electron chi connectivity index (χ2n) is 6.93. The number of nitrogens with one attached hydrogen (secondary N) is 1. The summed E-state index contributed by atoms with van der Waals surface area (Å²) in [6, 6.07) is 14.3. The topological polar surface area (TPSA) is 84.9 Å². The maximum absolute atomic E-state index is 12.2. The monoisotopic (exact) mass is 407 g/mol. The lowest BCUT2D eigenvalue weighted by Gasteiger charge is -2.21. The van der Waals surface area contributed by atoms with Crippen LogP contribution in [0.4, 0.5) is 0 Å². The van der Waals surface area contributed by atoms with Crippen molar-refractivity contribution in [2.45, 2.75) is 32.2 Å². The van der Waals surface area contributed by atoms with Gasteiger partial charge < -0.3 is 9.84 Å². The fourth-order valence-corrected chi connectivity index (χ4v) is 2.89. The average molecular weight is 407 g/mol. The summed E-state index contributed by atoms with van der Waals surface area (Å²) >= 11 is 0. The Balaban J connectivity index is 1.48. The van der Waals surface area contributed by atoms with Crippen molar-refractivity contribution in [1.82, 2.24) is 5.48 Å². The lowest BCUT2D eigenvalue weighted by molar-refractivity contribution is -0.198. The summed E-state index contributed by atoms with van der Waals surface area (Å²) < 4.78 is 5.38. The molecule has 3 rings (SSSR count). The zero-order valence-electron chi connectivity index (χ0n) is 16.6. The molecule has 6 nitrogen and oxygen atoms in total. The van der Waals surface area contributed by atoms with Crippen LogP contribution in [0.15, 0.2) is 60.7 Å². The van der Waals surface area contributed by atoms with E-state index in [2.05, 4.69) is 5.48 Å². The van der Waals surface area contributed by atoms with E-state index in [1.165, 1.54) is 12.2 Å². The first-order chi connectivity index (χ1) is 14.6. The van der Waals surface area contributed by atoms with Crippen LogP contribution < -0.4 is 5.48 Å². The summed E-state index contributed by atoms with van der Waals surface area (Å²) in [6.07, 6.45) is 8.77. The zero-order chi connectivity index (χ0) is 21.2. The lowest BCUT2D eigenvalue weighted by Crippen LogP contribution is -2.32. The highest BCUT2D eigenvalue weighted by molar-refractivity contribution is 6.06. The van der Waals surface area contributed by atoms with Gasteiger partial charge in [-0.15, -0.1) is 0 Å². The van der Waals surface area contributed by atoms with Gasteiger partial charge in [-0.3, -0.25) is 9.59 Å². The number of allylic oxidation sites excluding steroid dienone is 1. The molecule has 1 unspecified atom stereocenters. The van der Waals surface area contributed by atoms with E-state index < -0.39 is 0 Å². The van der Waals surface area contributed by atoms with Gasteiger partial charge >= 0.3 is 0 Å². The van der Waals surface area contributed by atoms with Crippen molar-refractivity contribution in [3.05, 3.63) is 82.9 Å². The summed E-state index contributed by atoms with van der Waals surface area (Å²) in [5.74, 6) is -0.465. The largest absolute Gasteiger partial charge is 0.392 e. The summed E-state index contributed by atoms with van der Waals surface area (Å²) in [5, 5.41) is 9.05. The molecule has 1 aliphatic heterocycles. The van der Waals surface area contributed by atoms with Crippen molar-refractivity contribution in [2.24, 2.45) is 0 Å².